The second-order valence-corrected chi connectivity index (χ2v) is 4.67. The van der Waals surface area contributed by atoms with Crippen LogP contribution in [0, 0.1) is 0 Å². The molecule has 17 heavy (non-hydrogen) atoms. The Kier molecular flexibility index (Phi) is 2.59. The van der Waals surface area contributed by atoms with E-state index in [2.05, 4.69) is 27.5 Å². The molecule has 0 saturated heterocycles. The molecule has 2 N–H and O–H groups in total. The molecule has 0 atom stereocenters. The van der Waals surface area contributed by atoms with Crippen LogP contribution in [0.15, 0.2) is 42.2 Å². The number of hydrogen-bond acceptors (Lipinski definition) is 4. The lowest BCUT2D eigenvalue weighted by Crippen LogP contribution is -1.99. The van der Waals surface area contributed by atoms with Gasteiger partial charge >= 0.3 is 0 Å². The van der Waals surface area contributed by atoms with E-state index >= 15 is 0 Å². The Morgan fingerprint density at radius 2 is 2.18 bits per heavy atom. The molecule has 0 aliphatic heterocycles. The molecule has 0 saturated carbocycles. The molecule has 3 heterocycles. The number of nitrogens with two attached hydrogens (primary N) is 1. The Bertz CT molecular complexity index is 660. The zero-order chi connectivity index (χ0) is 11.7. The minimum Gasteiger partial charge on any atom is -0.326 e. The van der Waals surface area contributed by atoms with E-state index < -0.39 is 0 Å². The number of thiophene rings is 1. The maximum Gasteiger partial charge on any atom is 0.123 e. The van der Waals surface area contributed by atoms with Gasteiger partial charge in [0.15, 0.2) is 0 Å². The van der Waals surface area contributed by atoms with Crippen LogP contribution in [0.2, 0.25) is 0 Å². The van der Waals surface area contributed by atoms with Crippen molar-refractivity contribution in [3.8, 4) is 11.1 Å². The lowest BCUT2D eigenvalue weighted by molar-refractivity contribution is 1.05. The summed E-state index contributed by atoms with van der Waals surface area (Å²) in [5.74, 6) is 0. The molecule has 0 spiro atoms. The molecule has 0 aliphatic carbocycles. The topological polar surface area (TPSA) is 51.8 Å². The van der Waals surface area contributed by atoms with Gasteiger partial charge in [0.1, 0.15) is 4.83 Å². The lowest BCUT2D eigenvalue weighted by Gasteiger charge is -2.06. The van der Waals surface area contributed by atoms with E-state index in [0.717, 1.165) is 21.5 Å². The summed E-state index contributed by atoms with van der Waals surface area (Å²) < 4.78 is 0. The zero-order valence-corrected chi connectivity index (χ0v) is 9.95. The molecule has 3 rings (SSSR count). The monoisotopic (exact) mass is 241 g/mol. The van der Waals surface area contributed by atoms with Crippen LogP contribution in [0.25, 0.3) is 21.3 Å². The van der Waals surface area contributed by atoms with E-state index in [-0.39, 0.29) is 0 Å². The summed E-state index contributed by atoms with van der Waals surface area (Å²) in [4.78, 5) is 9.61. The van der Waals surface area contributed by atoms with Crippen LogP contribution in [0.5, 0.6) is 0 Å². The fourth-order valence-electron chi connectivity index (χ4n) is 1.88. The molecule has 0 amide bonds. The SMILES string of the molecule is NCc1cnccc1-c1cnc2sccc2c1. The average Bonchev–Trinajstić information content (AvgIpc) is 2.85. The number of nitrogens with zero attached hydrogens (tertiary/aromatic N) is 2. The Labute approximate surface area is 103 Å². The first-order valence-corrected chi connectivity index (χ1v) is 6.23. The van der Waals surface area contributed by atoms with Crippen molar-refractivity contribution < 1.29 is 0 Å². The molecule has 0 aromatic carbocycles. The number of aromatic nitrogens is 2. The highest BCUT2D eigenvalue weighted by molar-refractivity contribution is 7.16. The smallest absolute Gasteiger partial charge is 0.123 e. The van der Waals surface area contributed by atoms with Crippen molar-refractivity contribution in [3.63, 3.8) is 0 Å². The van der Waals surface area contributed by atoms with Crippen LogP contribution in [0.3, 0.4) is 0 Å². The van der Waals surface area contributed by atoms with Crippen LogP contribution in [-0.2, 0) is 6.54 Å². The van der Waals surface area contributed by atoms with Gasteiger partial charge in [-0.2, -0.15) is 0 Å². The van der Waals surface area contributed by atoms with Gasteiger partial charge in [0.25, 0.3) is 0 Å². The largest absolute Gasteiger partial charge is 0.326 e. The first kappa shape index (κ1) is 10.4. The Morgan fingerprint density at radius 1 is 1.24 bits per heavy atom. The van der Waals surface area contributed by atoms with Crippen molar-refractivity contribution in [3.05, 3.63) is 47.7 Å². The third-order valence-electron chi connectivity index (χ3n) is 2.74. The van der Waals surface area contributed by atoms with E-state index in [1.807, 2.05) is 18.5 Å². The number of rotatable bonds is 2. The van der Waals surface area contributed by atoms with Crippen LogP contribution in [0.4, 0.5) is 0 Å². The second kappa shape index (κ2) is 4.24. The van der Waals surface area contributed by atoms with E-state index in [1.165, 1.54) is 5.39 Å². The molecule has 0 unspecified atom stereocenters. The summed E-state index contributed by atoms with van der Waals surface area (Å²) in [7, 11) is 0. The molecule has 84 valence electrons. The number of hydrogen-bond donors (Lipinski definition) is 1. The van der Waals surface area contributed by atoms with Gasteiger partial charge in [-0.25, -0.2) is 4.98 Å². The van der Waals surface area contributed by atoms with Crippen LogP contribution in [-0.4, -0.2) is 9.97 Å². The van der Waals surface area contributed by atoms with Crippen LogP contribution >= 0.6 is 11.3 Å². The Balaban J connectivity index is 2.19. The van der Waals surface area contributed by atoms with Gasteiger partial charge in [-0.3, -0.25) is 4.98 Å². The van der Waals surface area contributed by atoms with E-state index in [0.29, 0.717) is 6.54 Å². The maximum atomic E-state index is 5.72. The van der Waals surface area contributed by atoms with E-state index in [4.69, 9.17) is 5.73 Å². The number of fused-ring (bicyclic) bond motifs is 1. The average molecular weight is 241 g/mol. The second-order valence-electron chi connectivity index (χ2n) is 3.78. The van der Waals surface area contributed by atoms with Crippen molar-refractivity contribution in [2.75, 3.05) is 0 Å². The van der Waals surface area contributed by atoms with Gasteiger partial charge in [-0.05, 0) is 34.7 Å². The van der Waals surface area contributed by atoms with Gasteiger partial charge in [0, 0.05) is 36.1 Å². The molecular weight excluding hydrogens is 230 g/mol. The normalized spacial score (nSPS) is 10.9. The van der Waals surface area contributed by atoms with Crippen molar-refractivity contribution >= 4 is 21.6 Å². The van der Waals surface area contributed by atoms with Crippen molar-refractivity contribution in [1.29, 1.82) is 0 Å². The highest BCUT2D eigenvalue weighted by atomic mass is 32.1. The van der Waals surface area contributed by atoms with Crippen LogP contribution < -0.4 is 5.73 Å². The predicted octanol–water partition coefficient (Wildman–Crippen LogP) is 2.82. The predicted molar refractivity (Wildman–Crippen MR) is 70.7 cm³/mol. The zero-order valence-electron chi connectivity index (χ0n) is 9.13. The first-order chi connectivity index (χ1) is 8.38. The number of pyridine rings is 2. The molecule has 0 radical (unpaired) electrons. The molecule has 4 heteroatoms. The summed E-state index contributed by atoms with van der Waals surface area (Å²) in [5, 5.41) is 3.23. The lowest BCUT2D eigenvalue weighted by atomic mass is 10.0. The minimum atomic E-state index is 0.491. The molecule has 0 fully saturated rings. The van der Waals surface area contributed by atoms with Crippen molar-refractivity contribution in [1.82, 2.24) is 9.97 Å². The van der Waals surface area contributed by atoms with E-state index in [1.54, 1.807) is 17.5 Å². The summed E-state index contributed by atoms with van der Waals surface area (Å²) in [6, 6.07) is 6.21. The molecule has 3 aromatic heterocycles. The minimum absolute atomic E-state index is 0.491. The third kappa shape index (κ3) is 1.81. The highest BCUT2D eigenvalue weighted by Crippen LogP contribution is 2.27. The van der Waals surface area contributed by atoms with E-state index in [9.17, 15) is 0 Å². The van der Waals surface area contributed by atoms with Gasteiger partial charge in [0.2, 0.25) is 0 Å². The van der Waals surface area contributed by atoms with Gasteiger partial charge < -0.3 is 5.73 Å². The maximum absolute atomic E-state index is 5.72. The highest BCUT2D eigenvalue weighted by Gasteiger charge is 2.05. The standard InChI is InChI=1S/C13H11N3S/c14-6-11-7-15-3-1-12(11)10-5-9-2-4-17-13(9)16-8-10/h1-5,7-8H,6,14H2. The molecule has 0 bridgehead atoms. The summed E-state index contributed by atoms with van der Waals surface area (Å²) >= 11 is 1.65. The first-order valence-electron chi connectivity index (χ1n) is 5.35. The third-order valence-corrected chi connectivity index (χ3v) is 3.58. The molecular formula is C13H11N3S. The van der Waals surface area contributed by atoms with Crippen molar-refractivity contribution in [2.45, 2.75) is 6.54 Å². The van der Waals surface area contributed by atoms with Gasteiger partial charge in [-0.15, -0.1) is 11.3 Å². The quantitative estimate of drug-likeness (QED) is 0.750. The van der Waals surface area contributed by atoms with Crippen LogP contribution in [0.1, 0.15) is 5.56 Å². The van der Waals surface area contributed by atoms with Crippen molar-refractivity contribution in [2.24, 2.45) is 5.73 Å². The van der Waals surface area contributed by atoms with Gasteiger partial charge in [-0.1, -0.05) is 0 Å². The fourth-order valence-corrected chi connectivity index (χ4v) is 2.60. The molecule has 0 aliphatic rings. The summed E-state index contributed by atoms with van der Waals surface area (Å²) in [6.45, 7) is 0.491. The molecule has 3 aromatic rings. The summed E-state index contributed by atoms with van der Waals surface area (Å²) in [6.07, 6.45) is 5.49. The summed E-state index contributed by atoms with van der Waals surface area (Å²) in [5.41, 5.74) is 8.98. The molecule has 3 nitrogen and oxygen atoms in total. The Hall–Kier alpha value is -1.78. The Morgan fingerprint density at radius 3 is 3.06 bits per heavy atom. The fraction of sp³-hybridized carbons (Fsp3) is 0.0769. The van der Waals surface area contributed by atoms with Gasteiger partial charge in [0.05, 0.1) is 0 Å².